The highest BCUT2D eigenvalue weighted by Crippen LogP contribution is 2.27. The van der Waals surface area contributed by atoms with Crippen molar-refractivity contribution in [3.8, 4) is 23.3 Å². The van der Waals surface area contributed by atoms with Gasteiger partial charge in [0.25, 0.3) is 11.8 Å². The molecule has 3 aromatic carbocycles. The van der Waals surface area contributed by atoms with Crippen molar-refractivity contribution in [2.45, 2.75) is 0 Å². The average molecular weight is 478 g/mol. The first-order valence-electron chi connectivity index (χ1n) is 9.97. The fraction of sp³-hybridized carbons (Fsp3) is 0.0800. The molecule has 0 aliphatic carbocycles. The zero-order chi connectivity index (χ0) is 24.5. The summed E-state index contributed by atoms with van der Waals surface area (Å²) in [5, 5.41) is 24.5. The number of phenolic OH excluding ortho intramolecular Hbond substituents is 1. The fourth-order valence-electron chi connectivity index (χ4n) is 2.89. The van der Waals surface area contributed by atoms with E-state index in [-0.39, 0.29) is 23.7 Å². The lowest BCUT2D eigenvalue weighted by molar-refractivity contribution is -0.118. The Morgan fingerprint density at radius 3 is 2.50 bits per heavy atom. The molecule has 0 saturated heterocycles. The van der Waals surface area contributed by atoms with Crippen LogP contribution in [-0.2, 0) is 9.59 Å². The SMILES string of the molecule is COc1ccccc1NC(=O)COc1ccc(Cl)cc1C=C(C#N)C(=O)Nc1ccc(O)cc1. The monoisotopic (exact) mass is 477 g/mol. The molecule has 0 bridgehead atoms. The van der Waals surface area contributed by atoms with Gasteiger partial charge in [-0.2, -0.15) is 5.26 Å². The van der Waals surface area contributed by atoms with Crippen LogP contribution in [0.25, 0.3) is 6.08 Å². The first-order valence-corrected chi connectivity index (χ1v) is 10.3. The van der Waals surface area contributed by atoms with Gasteiger partial charge in [0.05, 0.1) is 12.8 Å². The summed E-state index contributed by atoms with van der Waals surface area (Å²) in [7, 11) is 1.50. The Morgan fingerprint density at radius 2 is 1.79 bits per heavy atom. The third-order valence-electron chi connectivity index (χ3n) is 4.50. The van der Waals surface area contributed by atoms with E-state index < -0.39 is 11.8 Å². The van der Waals surface area contributed by atoms with Crippen LogP contribution >= 0.6 is 11.6 Å². The number of phenols is 1. The number of methoxy groups -OCH3 is 1. The van der Waals surface area contributed by atoms with E-state index in [1.165, 1.54) is 49.6 Å². The Morgan fingerprint density at radius 1 is 1.06 bits per heavy atom. The molecule has 3 N–H and O–H groups in total. The Kier molecular flexibility index (Phi) is 8.11. The van der Waals surface area contributed by atoms with Crippen molar-refractivity contribution in [2.75, 3.05) is 24.4 Å². The van der Waals surface area contributed by atoms with Gasteiger partial charge in [-0.25, -0.2) is 0 Å². The number of halogens is 1. The number of nitrogens with zero attached hydrogens (tertiary/aromatic N) is 1. The molecule has 34 heavy (non-hydrogen) atoms. The molecule has 172 valence electrons. The number of amides is 2. The number of hydrogen-bond donors (Lipinski definition) is 3. The zero-order valence-corrected chi connectivity index (χ0v) is 18.8. The molecule has 0 saturated carbocycles. The minimum Gasteiger partial charge on any atom is -0.508 e. The van der Waals surface area contributed by atoms with Gasteiger partial charge in [0.15, 0.2) is 6.61 Å². The van der Waals surface area contributed by atoms with E-state index in [0.29, 0.717) is 27.7 Å². The van der Waals surface area contributed by atoms with Crippen molar-refractivity contribution in [2.24, 2.45) is 0 Å². The van der Waals surface area contributed by atoms with Gasteiger partial charge in [0, 0.05) is 16.3 Å². The molecule has 0 radical (unpaired) electrons. The predicted molar refractivity (Wildman–Crippen MR) is 129 cm³/mol. The van der Waals surface area contributed by atoms with Crippen molar-refractivity contribution >= 4 is 40.9 Å². The first kappa shape index (κ1) is 24.2. The van der Waals surface area contributed by atoms with Gasteiger partial charge in [-0.3, -0.25) is 9.59 Å². The molecule has 0 unspecified atom stereocenters. The molecule has 0 aliphatic heterocycles. The molecule has 0 heterocycles. The number of para-hydroxylation sites is 2. The number of rotatable bonds is 8. The number of ether oxygens (including phenoxy) is 2. The van der Waals surface area contributed by atoms with Gasteiger partial charge in [-0.05, 0) is 60.7 Å². The normalized spacial score (nSPS) is 10.7. The highest BCUT2D eigenvalue weighted by molar-refractivity contribution is 6.30. The van der Waals surface area contributed by atoms with Crippen molar-refractivity contribution in [1.29, 1.82) is 5.26 Å². The minimum atomic E-state index is -0.659. The first-order chi connectivity index (χ1) is 16.4. The summed E-state index contributed by atoms with van der Waals surface area (Å²) in [4.78, 5) is 24.9. The van der Waals surface area contributed by atoms with E-state index in [0.717, 1.165) is 0 Å². The number of benzene rings is 3. The van der Waals surface area contributed by atoms with Crippen molar-refractivity contribution in [1.82, 2.24) is 0 Å². The fourth-order valence-corrected chi connectivity index (χ4v) is 3.07. The number of carbonyl (C=O) groups is 2. The Hall–Kier alpha value is -4.48. The summed E-state index contributed by atoms with van der Waals surface area (Å²) < 4.78 is 10.8. The smallest absolute Gasteiger partial charge is 0.266 e. The van der Waals surface area contributed by atoms with E-state index >= 15 is 0 Å². The second-order valence-corrected chi connectivity index (χ2v) is 7.33. The molecular weight excluding hydrogens is 458 g/mol. The lowest BCUT2D eigenvalue weighted by Gasteiger charge is -2.12. The highest BCUT2D eigenvalue weighted by atomic mass is 35.5. The van der Waals surface area contributed by atoms with E-state index in [9.17, 15) is 20.0 Å². The lowest BCUT2D eigenvalue weighted by atomic mass is 10.1. The zero-order valence-electron chi connectivity index (χ0n) is 18.0. The van der Waals surface area contributed by atoms with Gasteiger partial charge < -0.3 is 25.2 Å². The maximum Gasteiger partial charge on any atom is 0.266 e. The van der Waals surface area contributed by atoms with Crippen LogP contribution in [0.1, 0.15) is 5.56 Å². The van der Waals surface area contributed by atoms with Crippen molar-refractivity contribution in [3.05, 3.63) is 82.9 Å². The molecule has 8 nitrogen and oxygen atoms in total. The van der Waals surface area contributed by atoms with Crippen LogP contribution in [0.5, 0.6) is 17.2 Å². The summed E-state index contributed by atoms with van der Waals surface area (Å²) in [5.74, 6) is -0.286. The van der Waals surface area contributed by atoms with Crippen LogP contribution in [0.2, 0.25) is 5.02 Å². The average Bonchev–Trinajstić information content (AvgIpc) is 2.83. The molecule has 3 aromatic rings. The molecule has 0 aliphatic rings. The Balaban J connectivity index is 1.74. The van der Waals surface area contributed by atoms with Gasteiger partial charge in [-0.1, -0.05) is 23.7 Å². The maximum atomic E-state index is 12.5. The summed E-state index contributed by atoms with van der Waals surface area (Å²) in [5.41, 5.74) is 1.03. The third-order valence-corrected chi connectivity index (χ3v) is 4.74. The third kappa shape index (κ3) is 6.51. The summed E-state index contributed by atoms with van der Waals surface area (Å²) >= 11 is 6.09. The second kappa shape index (κ2) is 11.4. The Bertz CT molecular complexity index is 1270. The van der Waals surface area contributed by atoms with E-state index in [2.05, 4.69) is 10.6 Å². The van der Waals surface area contributed by atoms with E-state index in [1.54, 1.807) is 30.3 Å². The van der Waals surface area contributed by atoms with Gasteiger partial charge >= 0.3 is 0 Å². The largest absolute Gasteiger partial charge is 0.508 e. The number of nitrogens with one attached hydrogen (secondary N) is 2. The molecule has 0 atom stereocenters. The Labute approximate surface area is 201 Å². The van der Waals surface area contributed by atoms with Crippen molar-refractivity contribution < 1.29 is 24.2 Å². The van der Waals surface area contributed by atoms with Gasteiger partial charge in [-0.15, -0.1) is 0 Å². The number of hydrogen-bond acceptors (Lipinski definition) is 6. The predicted octanol–water partition coefficient (Wildman–Crippen LogP) is 4.62. The van der Waals surface area contributed by atoms with Gasteiger partial charge in [0.1, 0.15) is 28.9 Å². The second-order valence-electron chi connectivity index (χ2n) is 6.89. The van der Waals surface area contributed by atoms with Gasteiger partial charge in [0.2, 0.25) is 0 Å². The topological polar surface area (TPSA) is 121 Å². The maximum absolute atomic E-state index is 12.5. The van der Waals surface area contributed by atoms with Crippen LogP contribution in [0.4, 0.5) is 11.4 Å². The molecule has 3 rings (SSSR count). The van der Waals surface area contributed by atoms with Crippen molar-refractivity contribution in [3.63, 3.8) is 0 Å². The molecule has 2 amide bonds. The van der Waals surface area contributed by atoms with Crippen LogP contribution in [0, 0.1) is 11.3 Å². The summed E-state index contributed by atoms with van der Waals surface area (Å²) in [6.45, 7) is -0.331. The van der Waals surface area contributed by atoms with Crippen LogP contribution in [-0.4, -0.2) is 30.6 Å². The number of aromatic hydroxyl groups is 1. The highest BCUT2D eigenvalue weighted by Gasteiger charge is 2.14. The number of nitriles is 1. The molecular formula is C25H20ClN3O5. The molecule has 0 spiro atoms. The summed E-state index contributed by atoms with van der Waals surface area (Å²) in [6, 6.07) is 19.2. The van der Waals surface area contributed by atoms with Crippen LogP contribution in [0.15, 0.2) is 72.3 Å². The number of anilines is 2. The molecule has 0 fully saturated rings. The number of carbonyl (C=O) groups excluding carboxylic acids is 2. The summed E-state index contributed by atoms with van der Waals surface area (Å²) in [6.07, 6.45) is 1.31. The standard InChI is InChI=1S/C25H20ClN3O5/c1-33-23-5-3-2-4-21(23)29-24(31)15-34-22-11-6-18(26)13-16(22)12-17(14-27)25(32)28-19-7-9-20(30)10-8-19/h2-13,30H,15H2,1H3,(H,28,32)(H,29,31). The van der Waals surface area contributed by atoms with E-state index in [1.807, 2.05) is 6.07 Å². The minimum absolute atomic E-state index is 0.0458. The van der Waals surface area contributed by atoms with Crippen LogP contribution < -0.4 is 20.1 Å². The lowest BCUT2D eigenvalue weighted by Crippen LogP contribution is -2.20. The van der Waals surface area contributed by atoms with Crippen LogP contribution in [0.3, 0.4) is 0 Å². The molecule has 9 heteroatoms. The molecule has 0 aromatic heterocycles. The quantitative estimate of drug-likeness (QED) is 0.247. The van der Waals surface area contributed by atoms with E-state index in [4.69, 9.17) is 21.1 Å².